The second-order valence-electron chi connectivity index (χ2n) is 9.43. The van der Waals surface area contributed by atoms with E-state index in [1.54, 1.807) is 14.2 Å². The lowest BCUT2D eigenvalue weighted by Crippen LogP contribution is -2.71. The Labute approximate surface area is 211 Å². The zero-order valence-corrected chi connectivity index (χ0v) is 21.3. The second-order valence-corrected chi connectivity index (χ2v) is 9.43. The number of nitrogens with one attached hydrogen (secondary N) is 1. The number of ether oxygens (including phenoxy) is 4. The van der Waals surface area contributed by atoms with Gasteiger partial charge in [0.1, 0.15) is 11.5 Å². The third kappa shape index (κ3) is 5.06. The predicted molar refractivity (Wildman–Crippen MR) is 135 cm³/mol. The molecule has 2 aromatic carbocycles. The van der Waals surface area contributed by atoms with Crippen molar-refractivity contribution in [2.45, 2.75) is 50.9 Å². The summed E-state index contributed by atoms with van der Waals surface area (Å²) in [6, 6.07) is 9.66. The fraction of sp³-hybridized carbons (Fsp3) is 0.481. The molecule has 1 amide bonds. The fourth-order valence-electron chi connectivity index (χ4n) is 4.98. The summed E-state index contributed by atoms with van der Waals surface area (Å²) in [7, 11) is 4.54. The number of carbonyl (C=O) groups excluding carboxylic acids is 1. The largest absolute Gasteiger partial charge is 0.496 e. The molecule has 0 aromatic heterocycles. The molecule has 2 aliphatic rings. The minimum Gasteiger partial charge on any atom is -0.496 e. The molecule has 1 heterocycles. The van der Waals surface area contributed by atoms with Crippen molar-refractivity contribution in [2.24, 2.45) is 0 Å². The van der Waals surface area contributed by atoms with Crippen molar-refractivity contribution in [3.63, 3.8) is 0 Å². The van der Waals surface area contributed by atoms with Crippen LogP contribution in [0.5, 0.6) is 11.5 Å². The zero-order valence-electron chi connectivity index (χ0n) is 21.3. The zero-order chi connectivity index (χ0) is 25.9. The maximum absolute atomic E-state index is 12.1. The summed E-state index contributed by atoms with van der Waals surface area (Å²) in [5.74, 6) is 0.413. The highest BCUT2D eigenvalue weighted by Gasteiger charge is 2.52. The van der Waals surface area contributed by atoms with Gasteiger partial charge in [0.05, 0.1) is 47.1 Å². The minimum atomic E-state index is -1.28. The molecule has 4 rings (SSSR count). The molecule has 0 spiro atoms. The summed E-state index contributed by atoms with van der Waals surface area (Å²) in [4.78, 5) is 25.3. The number of hydrogen-bond donors (Lipinski definition) is 2. The third-order valence-corrected chi connectivity index (χ3v) is 7.09. The topological polar surface area (TPSA) is 107 Å². The average Bonchev–Trinajstić information content (AvgIpc) is 3.38. The first kappa shape index (κ1) is 25.6. The third-order valence-electron chi connectivity index (χ3n) is 7.09. The number of anilines is 1. The Hall–Kier alpha value is -3.46. The number of aliphatic carboxylic acids is 1. The molecule has 0 unspecified atom stereocenters. The lowest BCUT2D eigenvalue weighted by molar-refractivity contribution is -0.147. The van der Waals surface area contributed by atoms with Crippen molar-refractivity contribution >= 4 is 17.7 Å². The Morgan fingerprint density at radius 2 is 1.69 bits per heavy atom. The van der Waals surface area contributed by atoms with E-state index >= 15 is 0 Å². The molecule has 194 valence electrons. The molecule has 9 nitrogen and oxygen atoms in total. The molecule has 0 atom stereocenters. The van der Waals surface area contributed by atoms with Crippen LogP contribution in [0.2, 0.25) is 0 Å². The van der Waals surface area contributed by atoms with E-state index in [2.05, 4.69) is 5.32 Å². The first-order valence-electron chi connectivity index (χ1n) is 12.1. The number of likely N-dealkylation sites (tertiary alicyclic amines) is 1. The van der Waals surface area contributed by atoms with Crippen molar-refractivity contribution < 1.29 is 33.6 Å². The maximum atomic E-state index is 12.1. The number of amides is 1. The number of carboxylic acid groups (broad SMARTS) is 1. The van der Waals surface area contributed by atoms with Gasteiger partial charge in [-0.15, -0.1) is 0 Å². The number of hydrogen-bond acceptors (Lipinski definition) is 7. The van der Waals surface area contributed by atoms with Crippen molar-refractivity contribution in [3.05, 3.63) is 41.5 Å². The smallest absolute Gasteiger partial charge is 0.409 e. The molecular formula is C27H34N2O7. The lowest BCUT2D eigenvalue weighted by atomic mass is 9.89. The standard InChI is InChI=1S/C27H34N2O7/c1-17-23(33-2)12-18(13-24(17)34-3)22-10-9-20(11-19(22)14-36-21-7-5-6-8-21)28-27(25(30)31)15-29(16-27)26(32)35-4/h9-13,21,28H,5-8,14-16H2,1-4H3,(H,30,31). The Kier molecular flexibility index (Phi) is 7.59. The van der Waals surface area contributed by atoms with Crippen LogP contribution in [0.3, 0.4) is 0 Å². The Morgan fingerprint density at radius 1 is 1.06 bits per heavy atom. The molecule has 0 radical (unpaired) electrons. The first-order chi connectivity index (χ1) is 17.3. The van der Waals surface area contributed by atoms with Gasteiger partial charge in [-0.2, -0.15) is 0 Å². The summed E-state index contributed by atoms with van der Waals surface area (Å²) in [5.41, 5.74) is 3.06. The summed E-state index contributed by atoms with van der Waals surface area (Å²) >= 11 is 0. The van der Waals surface area contributed by atoms with Gasteiger partial charge >= 0.3 is 12.1 Å². The molecule has 0 bridgehead atoms. The van der Waals surface area contributed by atoms with Crippen LogP contribution in [0.4, 0.5) is 10.5 Å². The highest BCUT2D eigenvalue weighted by Crippen LogP contribution is 2.38. The van der Waals surface area contributed by atoms with Crippen molar-refractivity contribution in [1.29, 1.82) is 0 Å². The molecule has 2 fully saturated rings. The van der Waals surface area contributed by atoms with E-state index < -0.39 is 17.6 Å². The van der Waals surface area contributed by atoms with E-state index in [-0.39, 0.29) is 19.2 Å². The predicted octanol–water partition coefficient (Wildman–Crippen LogP) is 4.46. The average molecular weight is 499 g/mol. The normalized spacial score (nSPS) is 16.8. The monoisotopic (exact) mass is 498 g/mol. The van der Waals surface area contributed by atoms with Gasteiger partial charge in [0.15, 0.2) is 5.54 Å². The van der Waals surface area contributed by atoms with Gasteiger partial charge in [-0.3, -0.25) is 0 Å². The Balaban J connectivity index is 1.66. The van der Waals surface area contributed by atoms with E-state index in [1.807, 2.05) is 37.3 Å². The van der Waals surface area contributed by atoms with Gasteiger partial charge in [-0.25, -0.2) is 9.59 Å². The van der Waals surface area contributed by atoms with Crippen molar-refractivity contribution in [2.75, 3.05) is 39.7 Å². The molecule has 1 aliphatic heterocycles. The first-order valence-corrected chi connectivity index (χ1v) is 12.1. The SMILES string of the molecule is COC(=O)N1CC(Nc2ccc(-c3cc(OC)c(C)c(OC)c3)c(COC3CCCC3)c2)(C(=O)O)C1. The summed E-state index contributed by atoms with van der Waals surface area (Å²) < 4.78 is 22.1. The van der Waals surface area contributed by atoms with Crippen molar-refractivity contribution in [3.8, 4) is 22.6 Å². The number of nitrogens with zero attached hydrogens (tertiary/aromatic N) is 1. The van der Waals surface area contributed by atoms with Gasteiger partial charge in [-0.05, 0) is 60.7 Å². The van der Waals surface area contributed by atoms with E-state index in [0.717, 1.165) is 46.6 Å². The molecule has 9 heteroatoms. The van der Waals surface area contributed by atoms with Crippen LogP contribution in [-0.4, -0.2) is 68.1 Å². The van der Waals surface area contributed by atoms with E-state index in [0.29, 0.717) is 12.3 Å². The quantitative estimate of drug-likeness (QED) is 0.522. The van der Waals surface area contributed by atoms with E-state index in [9.17, 15) is 14.7 Å². The van der Waals surface area contributed by atoms with Crippen LogP contribution >= 0.6 is 0 Å². The van der Waals surface area contributed by atoms with Crippen LogP contribution in [0.1, 0.15) is 36.8 Å². The van der Waals surface area contributed by atoms with Gasteiger partial charge in [0.2, 0.25) is 0 Å². The number of rotatable bonds is 9. The van der Waals surface area contributed by atoms with E-state index in [1.165, 1.54) is 24.9 Å². The van der Waals surface area contributed by atoms with Crippen LogP contribution in [0, 0.1) is 6.92 Å². The maximum Gasteiger partial charge on any atom is 0.409 e. The molecule has 1 saturated heterocycles. The lowest BCUT2D eigenvalue weighted by Gasteiger charge is -2.46. The molecular weight excluding hydrogens is 464 g/mol. The highest BCUT2D eigenvalue weighted by molar-refractivity contribution is 5.88. The second kappa shape index (κ2) is 10.7. The van der Waals surface area contributed by atoms with Crippen LogP contribution in [-0.2, 0) is 20.9 Å². The molecule has 1 aliphatic carbocycles. The fourth-order valence-corrected chi connectivity index (χ4v) is 4.98. The minimum absolute atomic E-state index is 0.0109. The van der Waals surface area contributed by atoms with Gasteiger partial charge in [-0.1, -0.05) is 18.9 Å². The molecule has 2 N–H and O–H groups in total. The highest BCUT2D eigenvalue weighted by atomic mass is 16.5. The number of benzene rings is 2. The Morgan fingerprint density at radius 3 is 2.25 bits per heavy atom. The van der Waals surface area contributed by atoms with E-state index in [4.69, 9.17) is 18.9 Å². The summed E-state index contributed by atoms with van der Waals surface area (Å²) in [6.45, 7) is 2.36. The van der Waals surface area contributed by atoms with Crippen LogP contribution in [0.15, 0.2) is 30.3 Å². The summed E-state index contributed by atoms with van der Waals surface area (Å²) in [5, 5.41) is 13.1. The summed E-state index contributed by atoms with van der Waals surface area (Å²) in [6.07, 6.45) is 4.11. The van der Waals surface area contributed by atoms with Crippen LogP contribution < -0.4 is 14.8 Å². The van der Waals surface area contributed by atoms with Crippen LogP contribution in [0.25, 0.3) is 11.1 Å². The molecule has 36 heavy (non-hydrogen) atoms. The van der Waals surface area contributed by atoms with Gasteiger partial charge in [0.25, 0.3) is 0 Å². The Bertz CT molecular complexity index is 1100. The number of carboxylic acids is 1. The molecule has 1 saturated carbocycles. The number of methoxy groups -OCH3 is 3. The van der Waals surface area contributed by atoms with Gasteiger partial charge in [0, 0.05) is 11.3 Å². The molecule has 2 aromatic rings. The van der Waals surface area contributed by atoms with Gasteiger partial charge < -0.3 is 34.3 Å². The van der Waals surface area contributed by atoms with Crippen molar-refractivity contribution in [1.82, 2.24) is 4.90 Å². The number of carbonyl (C=O) groups is 2.